The fourth-order valence-electron chi connectivity index (χ4n) is 3.90. The predicted octanol–water partition coefficient (Wildman–Crippen LogP) is -0.368. The molecule has 3 heterocycles. The first kappa shape index (κ1) is 16.0. The normalized spacial score (nSPS) is 25.2. The van der Waals surface area contributed by atoms with E-state index in [2.05, 4.69) is 11.9 Å². The minimum absolute atomic E-state index is 0.000111. The van der Waals surface area contributed by atoms with E-state index in [1.54, 1.807) is 0 Å². The smallest absolute Gasteiger partial charge is 0.331 e. The van der Waals surface area contributed by atoms with Crippen LogP contribution in [-0.2, 0) is 18.4 Å². The number of hydrogen-bond acceptors (Lipinski definition) is 4. The SMILES string of the molecule is CN1CCCC1C1CCCN1C(=O)Cn1ccc(=O)n(C)c1=O. The molecule has 2 fully saturated rings. The summed E-state index contributed by atoms with van der Waals surface area (Å²) in [7, 11) is 3.55. The van der Waals surface area contributed by atoms with Gasteiger partial charge >= 0.3 is 5.69 Å². The Balaban J connectivity index is 1.76. The molecule has 0 spiro atoms. The third kappa shape index (κ3) is 2.97. The van der Waals surface area contributed by atoms with Crippen molar-refractivity contribution < 1.29 is 4.79 Å². The Morgan fingerprint density at radius 3 is 2.52 bits per heavy atom. The molecule has 1 amide bonds. The second-order valence-electron chi connectivity index (χ2n) is 6.61. The highest BCUT2D eigenvalue weighted by atomic mass is 16.2. The maximum atomic E-state index is 12.7. The molecule has 1 aromatic heterocycles. The summed E-state index contributed by atoms with van der Waals surface area (Å²) in [5, 5.41) is 0. The van der Waals surface area contributed by atoms with Crippen molar-refractivity contribution >= 4 is 5.91 Å². The summed E-state index contributed by atoms with van der Waals surface area (Å²) in [6.45, 7) is 1.84. The molecule has 2 unspecified atom stereocenters. The summed E-state index contributed by atoms with van der Waals surface area (Å²) in [5.74, 6) is -0.0338. The molecule has 0 radical (unpaired) electrons. The Hall–Kier alpha value is -1.89. The first-order valence-corrected chi connectivity index (χ1v) is 8.25. The molecule has 0 saturated carbocycles. The third-order valence-corrected chi connectivity index (χ3v) is 5.21. The Kier molecular flexibility index (Phi) is 4.39. The zero-order valence-electron chi connectivity index (χ0n) is 13.8. The lowest BCUT2D eigenvalue weighted by Gasteiger charge is -2.33. The van der Waals surface area contributed by atoms with E-state index in [9.17, 15) is 14.4 Å². The molecule has 3 rings (SSSR count). The fraction of sp³-hybridized carbons (Fsp3) is 0.688. The minimum atomic E-state index is -0.445. The van der Waals surface area contributed by atoms with Gasteiger partial charge in [-0.05, 0) is 39.3 Å². The van der Waals surface area contributed by atoms with Crippen LogP contribution in [0.3, 0.4) is 0 Å². The first-order chi connectivity index (χ1) is 11.0. The van der Waals surface area contributed by atoms with Crippen LogP contribution in [0.5, 0.6) is 0 Å². The van der Waals surface area contributed by atoms with Gasteiger partial charge < -0.3 is 9.80 Å². The molecule has 2 aliphatic rings. The molecule has 0 bridgehead atoms. The highest BCUT2D eigenvalue weighted by Crippen LogP contribution is 2.29. The van der Waals surface area contributed by atoms with Crippen LogP contribution in [0.2, 0.25) is 0 Å². The number of likely N-dealkylation sites (N-methyl/N-ethyl adjacent to an activating group) is 1. The van der Waals surface area contributed by atoms with E-state index in [1.807, 2.05) is 4.90 Å². The van der Waals surface area contributed by atoms with Crippen molar-refractivity contribution in [2.75, 3.05) is 20.1 Å². The average molecular weight is 320 g/mol. The number of carbonyl (C=O) groups is 1. The lowest BCUT2D eigenvalue weighted by molar-refractivity contribution is -0.133. The van der Waals surface area contributed by atoms with Crippen molar-refractivity contribution in [3.63, 3.8) is 0 Å². The third-order valence-electron chi connectivity index (χ3n) is 5.21. The van der Waals surface area contributed by atoms with Crippen LogP contribution in [-0.4, -0.2) is 57.1 Å². The van der Waals surface area contributed by atoms with Gasteiger partial charge in [0, 0.05) is 37.9 Å². The van der Waals surface area contributed by atoms with E-state index in [0.29, 0.717) is 6.04 Å². The molecule has 7 heteroatoms. The van der Waals surface area contributed by atoms with E-state index in [1.165, 1.54) is 30.3 Å². The standard InChI is InChI=1S/C16H24N4O3/c1-17-8-3-5-12(17)13-6-4-9-20(13)15(22)11-19-10-7-14(21)18(2)16(19)23/h7,10,12-13H,3-6,8-9,11H2,1-2H3. The van der Waals surface area contributed by atoms with Crippen molar-refractivity contribution in [2.45, 2.75) is 44.3 Å². The number of rotatable bonds is 3. The maximum absolute atomic E-state index is 12.7. The van der Waals surface area contributed by atoms with Gasteiger partial charge in [-0.3, -0.25) is 18.7 Å². The van der Waals surface area contributed by atoms with Gasteiger partial charge in [0.2, 0.25) is 5.91 Å². The average Bonchev–Trinajstić information content (AvgIpc) is 3.16. The van der Waals surface area contributed by atoms with E-state index in [0.717, 1.165) is 36.9 Å². The Labute approximate surface area is 135 Å². The molecule has 126 valence electrons. The molecule has 2 atom stereocenters. The van der Waals surface area contributed by atoms with Gasteiger partial charge in [-0.1, -0.05) is 0 Å². The topological polar surface area (TPSA) is 67.5 Å². The summed E-state index contributed by atoms with van der Waals surface area (Å²) in [6.07, 6.45) is 5.77. The lowest BCUT2D eigenvalue weighted by atomic mass is 10.0. The number of hydrogen-bond donors (Lipinski definition) is 0. The molecule has 0 N–H and O–H groups in total. The quantitative estimate of drug-likeness (QED) is 0.762. The van der Waals surface area contributed by atoms with Gasteiger partial charge in [0.15, 0.2) is 0 Å². The molecule has 2 saturated heterocycles. The number of amides is 1. The van der Waals surface area contributed by atoms with E-state index in [-0.39, 0.29) is 24.1 Å². The van der Waals surface area contributed by atoms with Crippen LogP contribution in [0.15, 0.2) is 21.9 Å². The monoisotopic (exact) mass is 320 g/mol. The lowest BCUT2D eigenvalue weighted by Crippen LogP contribution is -2.49. The fourth-order valence-corrected chi connectivity index (χ4v) is 3.90. The zero-order valence-corrected chi connectivity index (χ0v) is 13.8. The Morgan fingerprint density at radius 2 is 1.83 bits per heavy atom. The highest BCUT2D eigenvalue weighted by molar-refractivity contribution is 5.76. The molecule has 0 aliphatic carbocycles. The largest absolute Gasteiger partial charge is 0.337 e. The molecule has 2 aliphatic heterocycles. The minimum Gasteiger partial charge on any atom is -0.337 e. The Bertz CT molecular complexity index is 708. The van der Waals surface area contributed by atoms with Crippen molar-refractivity contribution in [1.82, 2.24) is 18.9 Å². The van der Waals surface area contributed by atoms with Crippen LogP contribution >= 0.6 is 0 Å². The second kappa shape index (κ2) is 6.31. The van der Waals surface area contributed by atoms with E-state index < -0.39 is 5.69 Å². The van der Waals surface area contributed by atoms with Gasteiger partial charge in [0.05, 0.1) is 0 Å². The van der Waals surface area contributed by atoms with Crippen LogP contribution in [0.1, 0.15) is 25.7 Å². The number of carbonyl (C=O) groups excluding carboxylic acids is 1. The van der Waals surface area contributed by atoms with Gasteiger partial charge in [-0.2, -0.15) is 0 Å². The van der Waals surface area contributed by atoms with E-state index >= 15 is 0 Å². The molecule has 23 heavy (non-hydrogen) atoms. The second-order valence-corrected chi connectivity index (χ2v) is 6.61. The summed E-state index contributed by atoms with van der Waals surface area (Å²) >= 11 is 0. The van der Waals surface area contributed by atoms with Gasteiger partial charge in [0.1, 0.15) is 6.54 Å². The van der Waals surface area contributed by atoms with Gasteiger partial charge in [0.25, 0.3) is 5.56 Å². The zero-order chi connectivity index (χ0) is 16.6. The molecule has 7 nitrogen and oxygen atoms in total. The molecular formula is C16H24N4O3. The van der Waals surface area contributed by atoms with Gasteiger partial charge in [-0.25, -0.2) is 4.79 Å². The van der Waals surface area contributed by atoms with Crippen molar-refractivity contribution in [3.8, 4) is 0 Å². The van der Waals surface area contributed by atoms with Crippen LogP contribution in [0.25, 0.3) is 0 Å². The Morgan fingerprint density at radius 1 is 1.13 bits per heavy atom. The maximum Gasteiger partial charge on any atom is 0.331 e. The number of nitrogens with zero attached hydrogens (tertiary/aromatic N) is 4. The molecule has 1 aromatic rings. The summed E-state index contributed by atoms with van der Waals surface area (Å²) in [4.78, 5) is 40.5. The van der Waals surface area contributed by atoms with Crippen molar-refractivity contribution in [1.29, 1.82) is 0 Å². The van der Waals surface area contributed by atoms with Gasteiger partial charge in [-0.15, -0.1) is 0 Å². The number of likely N-dealkylation sites (tertiary alicyclic amines) is 2. The van der Waals surface area contributed by atoms with Crippen molar-refractivity contribution in [2.24, 2.45) is 7.05 Å². The highest BCUT2D eigenvalue weighted by Gasteiger charge is 2.38. The summed E-state index contributed by atoms with van der Waals surface area (Å²) < 4.78 is 2.34. The number of aromatic nitrogens is 2. The first-order valence-electron chi connectivity index (χ1n) is 8.25. The summed E-state index contributed by atoms with van der Waals surface area (Å²) in [5.41, 5.74) is -0.801. The predicted molar refractivity (Wildman–Crippen MR) is 86.3 cm³/mol. The molecular weight excluding hydrogens is 296 g/mol. The van der Waals surface area contributed by atoms with Crippen LogP contribution < -0.4 is 11.2 Å². The van der Waals surface area contributed by atoms with Crippen LogP contribution in [0.4, 0.5) is 0 Å². The van der Waals surface area contributed by atoms with Crippen molar-refractivity contribution in [3.05, 3.63) is 33.1 Å². The van der Waals surface area contributed by atoms with Crippen LogP contribution in [0, 0.1) is 0 Å². The summed E-state index contributed by atoms with van der Waals surface area (Å²) in [6, 6.07) is 2.00. The molecule has 0 aromatic carbocycles. The van der Waals surface area contributed by atoms with E-state index in [4.69, 9.17) is 0 Å².